The molecular weight excluding hydrogens is 196 g/mol. The summed E-state index contributed by atoms with van der Waals surface area (Å²) in [6.07, 6.45) is 2.52. The third-order valence-corrected chi connectivity index (χ3v) is 1.42. The van der Waals surface area contributed by atoms with Crippen LogP contribution in [0.2, 0.25) is 0 Å². The number of hydrogen-bond acceptors (Lipinski definition) is 5. The summed E-state index contributed by atoms with van der Waals surface area (Å²) in [7, 11) is 0. The highest BCUT2D eigenvalue weighted by Crippen LogP contribution is 1.96. The number of aldehydes is 1. The second-order valence-corrected chi connectivity index (χ2v) is 2.98. The van der Waals surface area contributed by atoms with E-state index in [-0.39, 0.29) is 19.9 Å². The fourth-order valence-electron chi connectivity index (χ4n) is 0.747. The Bertz CT molecular complexity index is 227. The molecule has 0 spiro atoms. The normalized spacial score (nSPS) is 10.9. The fourth-order valence-corrected chi connectivity index (χ4v) is 0.747. The molecule has 0 bridgehead atoms. The van der Waals surface area contributed by atoms with Gasteiger partial charge in [0.05, 0.1) is 12.4 Å². The van der Waals surface area contributed by atoms with Crippen molar-refractivity contribution in [3.63, 3.8) is 0 Å². The Morgan fingerprint density at radius 1 is 1.60 bits per heavy atom. The topological polar surface area (TPSA) is 73.6 Å². The van der Waals surface area contributed by atoms with E-state index < -0.39 is 0 Å². The van der Waals surface area contributed by atoms with Gasteiger partial charge in [-0.2, -0.15) is 0 Å². The smallest absolute Gasteiger partial charge is 0.189 e. The maximum Gasteiger partial charge on any atom is 0.189 e. The molecule has 15 heavy (non-hydrogen) atoms. The molecule has 0 aliphatic rings. The minimum absolute atomic E-state index is 0.0770. The third-order valence-electron chi connectivity index (χ3n) is 1.42. The van der Waals surface area contributed by atoms with Crippen molar-refractivity contribution in [2.24, 2.45) is 5.73 Å². The molecular formula is C10H18N2O3. The van der Waals surface area contributed by atoms with Crippen LogP contribution in [0.5, 0.6) is 0 Å². The number of ether oxygens (including phenoxy) is 2. The van der Waals surface area contributed by atoms with Crippen LogP contribution in [-0.4, -0.2) is 26.4 Å². The van der Waals surface area contributed by atoms with E-state index in [4.69, 9.17) is 15.2 Å². The van der Waals surface area contributed by atoms with Crippen molar-refractivity contribution in [3.05, 3.63) is 24.1 Å². The molecule has 5 nitrogen and oxygen atoms in total. The lowest BCUT2D eigenvalue weighted by atomic mass is 10.3. The molecule has 0 aliphatic carbocycles. The van der Waals surface area contributed by atoms with E-state index in [9.17, 15) is 4.79 Å². The highest BCUT2D eigenvalue weighted by molar-refractivity contribution is 5.53. The molecule has 5 heteroatoms. The summed E-state index contributed by atoms with van der Waals surface area (Å²) in [6.45, 7) is 6.43. The summed E-state index contributed by atoms with van der Waals surface area (Å²) in [5.74, 6) is 0. The van der Waals surface area contributed by atoms with Crippen LogP contribution in [0.15, 0.2) is 24.1 Å². The van der Waals surface area contributed by atoms with Gasteiger partial charge in [0.1, 0.15) is 12.5 Å². The first-order valence-corrected chi connectivity index (χ1v) is 4.61. The van der Waals surface area contributed by atoms with E-state index in [1.165, 1.54) is 6.26 Å². The van der Waals surface area contributed by atoms with E-state index in [1.54, 1.807) is 0 Å². The Kier molecular flexibility index (Phi) is 8.42. The quantitative estimate of drug-likeness (QED) is 0.192. The number of hydrogen-bond donors (Lipinski definition) is 2. The second-order valence-electron chi connectivity index (χ2n) is 2.98. The van der Waals surface area contributed by atoms with Crippen molar-refractivity contribution in [3.8, 4) is 0 Å². The summed E-state index contributed by atoms with van der Waals surface area (Å²) in [5, 5.41) is 3.02. The molecule has 0 rings (SSSR count). The predicted octanol–water partition coefficient (Wildman–Crippen LogP) is 0.489. The zero-order valence-corrected chi connectivity index (χ0v) is 8.99. The molecule has 0 saturated heterocycles. The average Bonchev–Trinajstić information content (AvgIpc) is 2.20. The Morgan fingerprint density at radius 3 is 2.87 bits per heavy atom. The number of carbonyl (C=O) groups excluding carboxylic acids is 1. The van der Waals surface area contributed by atoms with Gasteiger partial charge in [-0.1, -0.05) is 12.2 Å². The van der Waals surface area contributed by atoms with Crippen molar-refractivity contribution in [1.29, 1.82) is 0 Å². The fraction of sp³-hybridized carbons (Fsp3) is 0.500. The van der Waals surface area contributed by atoms with Gasteiger partial charge in [0.15, 0.2) is 6.79 Å². The number of allylic oxidation sites excluding steroid dienone is 1. The summed E-state index contributed by atoms with van der Waals surface area (Å²) in [6, 6.07) is 0. The highest BCUT2D eigenvalue weighted by Gasteiger charge is 1.96. The highest BCUT2D eigenvalue weighted by atomic mass is 16.7. The first-order valence-electron chi connectivity index (χ1n) is 4.61. The minimum Gasteiger partial charge on any atom is -0.473 e. The number of nitrogens with two attached hydrogens (primary N) is 1. The Balaban J connectivity index is 3.88. The average molecular weight is 214 g/mol. The lowest BCUT2D eigenvalue weighted by molar-refractivity contribution is -0.107. The van der Waals surface area contributed by atoms with Crippen molar-refractivity contribution in [2.75, 3.05) is 20.1 Å². The first-order chi connectivity index (χ1) is 7.20. The van der Waals surface area contributed by atoms with Crippen LogP contribution in [0, 0.1) is 0 Å². The van der Waals surface area contributed by atoms with E-state index in [0.717, 1.165) is 11.9 Å². The van der Waals surface area contributed by atoms with E-state index >= 15 is 0 Å². The van der Waals surface area contributed by atoms with Crippen LogP contribution in [0.4, 0.5) is 0 Å². The SMILES string of the molecule is C=C(C)CN/C(=C\OCOCN)CC=O. The van der Waals surface area contributed by atoms with Gasteiger partial charge < -0.3 is 25.3 Å². The maximum atomic E-state index is 10.3. The van der Waals surface area contributed by atoms with Crippen LogP contribution in [0.25, 0.3) is 0 Å². The largest absolute Gasteiger partial charge is 0.473 e. The summed E-state index contributed by atoms with van der Waals surface area (Å²) in [4.78, 5) is 10.3. The molecule has 0 radical (unpaired) electrons. The lowest BCUT2D eigenvalue weighted by Gasteiger charge is -2.08. The Labute approximate surface area is 89.9 Å². The van der Waals surface area contributed by atoms with E-state index in [1.807, 2.05) is 6.92 Å². The summed E-state index contributed by atoms with van der Waals surface area (Å²) < 4.78 is 9.77. The van der Waals surface area contributed by atoms with E-state index in [2.05, 4.69) is 11.9 Å². The van der Waals surface area contributed by atoms with Crippen molar-refractivity contribution < 1.29 is 14.3 Å². The molecule has 0 atom stereocenters. The molecule has 0 aliphatic heterocycles. The predicted molar refractivity (Wildman–Crippen MR) is 57.7 cm³/mol. The molecule has 0 aromatic carbocycles. The van der Waals surface area contributed by atoms with Gasteiger partial charge in [0, 0.05) is 13.0 Å². The molecule has 0 heterocycles. The molecule has 86 valence electrons. The summed E-state index contributed by atoms with van der Waals surface area (Å²) in [5.41, 5.74) is 6.76. The monoisotopic (exact) mass is 214 g/mol. The summed E-state index contributed by atoms with van der Waals surface area (Å²) >= 11 is 0. The van der Waals surface area contributed by atoms with Gasteiger partial charge >= 0.3 is 0 Å². The number of rotatable bonds is 9. The van der Waals surface area contributed by atoms with Gasteiger partial charge in [-0.15, -0.1) is 0 Å². The zero-order valence-electron chi connectivity index (χ0n) is 8.99. The molecule has 0 unspecified atom stereocenters. The molecule has 0 fully saturated rings. The standard InChI is InChI=1S/C10H18N2O3/c1-9(2)5-12-10(3-4-13)6-14-8-15-7-11/h4,6,12H,1,3,5,7-8,11H2,2H3/b10-6-. The first kappa shape index (κ1) is 13.7. The van der Waals surface area contributed by atoms with Gasteiger partial charge in [0.25, 0.3) is 0 Å². The Hall–Kier alpha value is -1.33. The zero-order chi connectivity index (χ0) is 11.5. The molecule has 0 saturated carbocycles. The van der Waals surface area contributed by atoms with Crippen molar-refractivity contribution in [2.45, 2.75) is 13.3 Å². The third kappa shape index (κ3) is 8.99. The minimum atomic E-state index is 0.0770. The van der Waals surface area contributed by atoms with Gasteiger partial charge in [-0.05, 0) is 6.92 Å². The molecule has 0 aromatic rings. The van der Waals surface area contributed by atoms with Crippen LogP contribution in [0.3, 0.4) is 0 Å². The van der Waals surface area contributed by atoms with Crippen molar-refractivity contribution >= 4 is 6.29 Å². The van der Waals surface area contributed by atoms with E-state index in [0.29, 0.717) is 12.2 Å². The lowest BCUT2D eigenvalue weighted by Crippen LogP contribution is -2.16. The van der Waals surface area contributed by atoms with Crippen LogP contribution >= 0.6 is 0 Å². The van der Waals surface area contributed by atoms with Crippen LogP contribution < -0.4 is 11.1 Å². The maximum absolute atomic E-state index is 10.3. The van der Waals surface area contributed by atoms with Crippen molar-refractivity contribution in [1.82, 2.24) is 5.32 Å². The molecule has 0 aromatic heterocycles. The number of nitrogens with one attached hydrogen (secondary N) is 1. The van der Waals surface area contributed by atoms with Gasteiger partial charge in [-0.3, -0.25) is 0 Å². The Morgan fingerprint density at radius 2 is 2.33 bits per heavy atom. The number of carbonyl (C=O) groups is 1. The van der Waals surface area contributed by atoms with Gasteiger partial charge in [-0.25, -0.2) is 0 Å². The van der Waals surface area contributed by atoms with Crippen LogP contribution in [0.1, 0.15) is 13.3 Å². The molecule has 3 N–H and O–H groups in total. The molecule has 0 amide bonds. The van der Waals surface area contributed by atoms with Gasteiger partial charge in [0.2, 0.25) is 0 Å². The second kappa shape index (κ2) is 9.23. The van der Waals surface area contributed by atoms with Crippen LogP contribution in [-0.2, 0) is 14.3 Å².